The van der Waals surface area contributed by atoms with E-state index in [1.54, 1.807) is 6.07 Å². The van der Waals surface area contributed by atoms with Gasteiger partial charge in [0.15, 0.2) is 0 Å². The minimum absolute atomic E-state index is 0.00639. The quantitative estimate of drug-likeness (QED) is 0.837. The van der Waals surface area contributed by atoms with Crippen LogP contribution in [-0.2, 0) is 0 Å². The molecule has 0 aromatic heterocycles. The fourth-order valence-corrected chi connectivity index (χ4v) is 3.09. The molecule has 1 N–H and O–H groups in total. The molecule has 106 valence electrons. The van der Waals surface area contributed by atoms with Crippen molar-refractivity contribution in [1.82, 2.24) is 5.32 Å². The van der Waals surface area contributed by atoms with Crippen LogP contribution in [0.1, 0.15) is 35.2 Å². The summed E-state index contributed by atoms with van der Waals surface area (Å²) < 4.78 is 14.6. The predicted octanol–water partition coefficient (Wildman–Crippen LogP) is 4.90. The largest absolute Gasteiger partial charge is 0.307 e. The molecule has 0 heterocycles. The summed E-state index contributed by atoms with van der Waals surface area (Å²) >= 11 is 3.54. The van der Waals surface area contributed by atoms with E-state index in [1.807, 2.05) is 13.0 Å². The third-order valence-corrected chi connectivity index (χ3v) is 3.82. The molecule has 20 heavy (non-hydrogen) atoms. The van der Waals surface area contributed by atoms with Crippen LogP contribution in [0.2, 0.25) is 0 Å². The maximum atomic E-state index is 13.6. The summed E-state index contributed by atoms with van der Waals surface area (Å²) in [4.78, 5) is 0. The number of benzene rings is 2. The van der Waals surface area contributed by atoms with E-state index in [-0.39, 0.29) is 11.9 Å². The zero-order valence-electron chi connectivity index (χ0n) is 12.0. The van der Waals surface area contributed by atoms with Crippen LogP contribution in [-0.4, -0.2) is 6.54 Å². The molecule has 0 spiro atoms. The number of rotatable bonds is 4. The summed E-state index contributed by atoms with van der Waals surface area (Å²) in [5.74, 6) is -0.194. The lowest BCUT2D eigenvalue weighted by Gasteiger charge is -2.22. The predicted molar refractivity (Wildman–Crippen MR) is 85.5 cm³/mol. The van der Waals surface area contributed by atoms with Gasteiger partial charge in [-0.2, -0.15) is 0 Å². The smallest absolute Gasteiger partial charge is 0.123 e. The lowest BCUT2D eigenvalue weighted by molar-refractivity contribution is 0.600. The second kappa shape index (κ2) is 6.51. The summed E-state index contributed by atoms with van der Waals surface area (Å²) in [6.45, 7) is 6.97. The average molecular weight is 336 g/mol. The van der Waals surface area contributed by atoms with Gasteiger partial charge in [-0.15, -0.1) is 0 Å². The van der Waals surface area contributed by atoms with Gasteiger partial charge in [0.25, 0.3) is 0 Å². The van der Waals surface area contributed by atoms with Crippen molar-refractivity contribution in [3.8, 4) is 0 Å². The van der Waals surface area contributed by atoms with E-state index < -0.39 is 0 Å². The second-order valence-corrected chi connectivity index (χ2v) is 5.97. The third-order valence-electron chi connectivity index (χ3n) is 3.36. The Bertz CT molecular complexity index is 590. The van der Waals surface area contributed by atoms with Crippen molar-refractivity contribution in [2.45, 2.75) is 26.8 Å². The second-order valence-electron chi connectivity index (χ2n) is 5.05. The first-order chi connectivity index (χ1) is 9.51. The maximum absolute atomic E-state index is 13.6. The molecule has 0 aliphatic heterocycles. The molecule has 0 radical (unpaired) electrons. The van der Waals surface area contributed by atoms with Gasteiger partial charge in [0.2, 0.25) is 0 Å². The van der Waals surface area contributed by atoms with Crippen LogP contribution in [0, 0.1) is 19.7 Å². The Kier molecular flexibility index (Phi) is 4.95. The SMILES string of the molecule is CCNC(c1cc(C)cc(Br)c1)c1cc(F)ccc1C. The molecule has 0 amide bonds. The molecule has 0 aliphatic carbocycles. The van der Waals surface area contributed by atoms with Crippen molar-refractivity contribution >= 4 is 15.9 Å². The zero-order chi connectivity index (χ0) is 14.7. The van der Waals surface area contributed by atoms with Crippen molar-refractivity contribution in [1.29, 1.82) is 0 Å². The first-order valence-electron chi connectivity index (χ1n) is 6.77. The van der Waals surface area contributed by atoms with E-state index >= 15 is 0 Å². The van der Waals surface area contributed by atoms with Crippen molar-refractivity contribution in [2.75, 3.05) is 6.54 Å². The molecule has 2 aromatic carbocycles. The zero-order valence-corrected chi connectivity index (χ0v) is 13.6. The highest BCUT2D eigenvalue weighted by atomic mass is 79.9. The highest BCUT2D eigenvalue weighted by Crippen LogP contribution is 2.28. The molecule has 3 heteroatoms. The Morgan fingerprint density at radius 1 is 1.15 bits per heavy atom. The van der Waals surface area contributed by atoms with Gasteiger partial charge in [0.1, 0.15) is 5.82 Å². The minimum atomic E-state index is -0.194. The molecule has 2 rings (SSSR count). The molecular formula is C17H19BrFN. The van der Waals surface area contributed by atoms with Crippen LogP contribution >= 0.6 is 15.9 Å². The molecular weight excluding hydrogens is 317 g/mol. The summed E-state index contributed by atoms with van der Waals surface area (Å²) in [5, 5.41) is 3.45. The topological polar surface area (TPSA) is 12.0 Å². The Morgan fingerprint density at radius 2 is 1.90 bits per heavy atom. The molecule has 0 saturated heterocycles. The number of hydrogen-bond donors (Lipinski definition) is 1. The van der Waals surface area contributed by atoms with Crippen molar-refractivity contribution in [2.24, 2.45) is 0 Å². The van der Waals surface area contributed by atoms with Crippen LogP contribution in [0.4, 0.5) is 4.39 Å². The van der Waals surface area contributed by atoms with Gasteiger partial charge >= 0.3 is 0 Å². The molecule has 0 saturated carbocycles. The van der Waals surface area contributed by atoms with Gasteiger partial charge in [0, 0.05) is 4.47 Å². The van der Waals surface area contributed by atoms with E-state index in [0.29, 0.717) is 0 Å². The van der Waals surface area contributed by atoms with E-state index in [4.69, 9.17) is 0 Å². The number of halogens is 2. The van der Waals surface area contributed by atoms with Gasteiger partial charge in [-0.1, -0.05) is 35.0 Å². The molecule has 1 atom stereocenters. The lowest BCUT2D eigenvalue weighted by Crippen LogP contribution is -2.23. The maximum Gasteiger partial charge on any atom is 0.123 e. The highest BCUT2D eigenvalue weighted by molar-refractivity contribution is 9.10. The Labute approximate surface area is 128 Å². The van der Waals surface area contributed by atoms with Crippen LogP contribution in [0.15, 0.2) is 40.9 Å². The highest BCUT2D eigenvalue weighted by Gasteiger charge is 2.16. The van der Waals surface area contributed by atoms with E-state index in [9.17, 15) is 4.39 Å². The molecule has 0 fully saturated rings. The van der Waals surface area contributed by atoms with Gasteiger partial charge in [-0.3, -0.25) is 0 Å². The van der Waals surface area contributed by atoms with E-state index in [2.05, 4.69) is 53.3 Å². The Hall–Kier alpha value is -1.19. The lowest BCUT2D eigenvalue weighted by atomic mass is 9.94. The fourth-order valence-electron chi connectivity index (χ4n) is 2.47. The van der Waals surface area contributed by atoms with Gasteiger partial charge in [-0.25, -0.2) is 4.39 Å². The summed E-state index contributed by atoms with van der Waals surface area (Å²) in [5.41, 5.74) is 4.41. The van der Waals surface area contributed by atoms with Crippen LogP contribution in [0.25, 0.3) is 0 Å². The third kappa shape index (κ3) is 3.47. The van der Waals surface area contributed by atoms with Crippen LogP contribution in [0.5, 0.6) is 0 Å². The van der Waals surface area contributed by atoms with Crippen molar-refractivity contribution in [3.05, 3.63) is 68.9 Å². The standard InChI is InChI=1S/C17H19BrFN/c1-4-20-17(13-7-11(2)8-14(18)9-13)16-10-15(19)6-5-12(16)3/h5-10,17,20H,4H2,1-3H3. The van der Waals surface area contributed by atoms with Crippen LogP contribution < -0.4 is 5.32 Å². The first-order valence-corrected chi connectivity index (χ1v) is 7.57. The van der Waals surface area contributed by atoms with Crippen LogP contribution in [0.3, 0.4) is 0 Å². The van der Waals surface area contributed by atoms with Crippen molar-refractivity contribution in [3.63, 3.8) is 0 Å². The fraction of sp³-hybridized carbons (Fsp3) is 0.294. The van der Waals surface area contributed by atoms with Gasteiger partial charge in [0.05, 0.1) is 6.04 Å². The normalized spacial score (nSPS) is 12.4. The average Bonchev–Trinajstić information content (AvgIpc) is 2.38. The molecule has 0 aliphatic rings. The Morgan fingerprint density at radius 3 is 2.55 bits per heavy atom. The number of aryl methyl sites for hydroxylation is 2. The molecule has 1 nitrogen and oxygen atoms in total. The number of nitrogens with one attached hydrogen (secondary N) is 1. The van der Waals surface area contributed by atoms with E-state index in [0.717, 1.165) is 27.7 Å². The molecule has 1 unspecified atom stereocenters. The van der Waals surface area contributed by atoms with Gasteiger partial charge < -0.3 is 5.32 Å². The molecule has 2 aromatic rings. The minimum Gasteiger partial charge on any atom is -0.307 e. The molecule has 0 bridgehead atoms. The first kappa shape index (κ1) is 15.2. The monoisotopic (exact) mass is 335 g/mol. The summed E-state index contributed by atoms with van der Waals surface area (Å²) in [7, 11) is 0. The summed E-state index contributed by atoms with van der Waals surface area (Å²) in [6.07, 6.45) is 0. The number of hydrogen-bond acceptors (Lipinski definition) is 1. The van der Waals surface area contributed by atoms with Gasteiger partial charge in [-0.05, 0) is 66.9 Å². The van der Waals surface area contributed by atoms with E-state index in [1.165, 1.54) is 11.6 Å². The summed E-state index contributed by atoms with van der Waals surface area (Å²) in [6, 6.07) is 11.3. The van der Waals surface area contributed by atoms with Crippen molar-refractivity contribution < 1.29 is 4.39 Å². The Balaban J connectivity index is 2.52.